The number of carbonyl (C=O) groups is 2. The molecule has 0 unspecified atom stereocenters. The van der Waals surface area contributed by atoms with Gasteiger partial charge in [-0.05, 0) is 6.07 Å². The first kappa shape index (κ1) is 9.05. The molecule has 68 valence electrons. The Bertz CT molecular complexity index is 350. The fraction of sp³-hybridized carbons (Fsp3) is 0. The zero-order chi connectivity index (χ0) is 9.84. The van der Waals surface area contributed by atoms with Gasteiger partial charge >= 0.3 is 11.9 Å². The topological polar surface area (TPSA) is 90.4 Å². The second kappa shape index (κ2) is 3.57. The number of hydrogen-bond acceptors (Lipinski definition) is 2. The number of carboxylic acid groups (broad SMARTS) is 2. The minimum Gasteiger partial charge on any atom is -0.478 e. The summed E-state index contributed by atoms with van der Waals surface area (Å²) in [5.74, 6) is -2.54. The van der Waals surface area contributed by atoms with E-state index < -0.39 is 11.9 Å². The summed E-state index contributed by atoms with van der Waals surface area (Å²) < 4.78 is 0. The van der Waals surface area contributed by atoms with E-state index in [4.69, 9.17) is 10.2 Å². The molecule has 13 heavy (non-hydrogen) atoms. The highest BCUT2D eigenvalue weighted by atomic mass is 16.4. The number of aromatic amines is 1. The fourth-order valence-electron chi connectivity index (χ4n) is 0.883. The zero-order valence-corrected chi connectivity index (χ0v) is 6.52. The van der Waals surface area contributed by atoms with Crippen molar-refractivity contribution in [2.24, 2.45) is 0 Å². The van der Waals surface area contributed by atoms with Gasteiger partial charge in [0.1, 0.15) is 0 Å². The quantitative estimate of drug-likeness (QED) is 0.594. The molecule has 0 aliphatic rings. The van der Waals surface area contributed by atoms with Gasteiger partial charge < -0.3 is 15.2 Å². The van der Waals surface area contributed by atoms with Gasteiger partial charge in [-0.25, -0.2) is 9.59 Å². The highest BCUT2D eigenvalue weighted by molar-refractivity contribution is 6.19. The summed E-state index contributed by atoms with van der Waals surface area (Å²) in [7, 11) is 0. The number of rotatable bonds is 3. The largest absolute Gasteiger partial charge is 0.478 e. The average Bonchev–Trinajstić information content (AvgIpc) is 2.50. The molecule has 1 heterocycles. The molecule has 0 fully saturated rings. The Morgan fingerprint density at radius 1 is 1.38 bits per heavy atom. The summed E-state index contributed by atoms with van der Waals surface area (Å²) >= 11 is 0. The molecule has 0 aromatic carbocycles. The van der Waals surface area contributed by atoms with Gasteiger partial charge in [0, 0.05) is 24.0 Å². The van der Waals surface area contributed by atoms with Gasteiger partial charge in [0.25, 0.3) is 0 Å². The predicted octanol–water partition coefficient (Wildman–Crippen LogP) is 0.567. The van der Waals surface area contributed by atoms with Crippen molar-refractivity contribution in [3.05, 3.63) is 30.1 Å². The summed E-state index contributed by atoms with van der Waals surface area (Å²) in [6, 6.07) is 1.49. The van der Waals surface area contributed by atoms with Gasteiger partial charge in [0.2, 0.25) is 0 Å². The molecular formula is C8H7NO4. The van der Waals surface area contributed by atoms with Gasteiger partial charge in [0.15, 0.2) is 0 Å². The Morgan fingerprint density at radius 2 is 2.08 bits per heavy atom. The van der Waals surface area contributed by atoms with E-state index in [1.165, 1.54) is 18.5 Å². The van der Waals surface area contributed by atoms with Crippen LogP contribution >= 0.6 is 0 Å². The lowest BCUT2D eigenvalue weighted by Crippen LogP contribution is -2.02. The van der Waals surface area contributed by atoms with Gasteiger partial charge in [-0.15, -0.1) is 0 Å². The van der Waals surface area contributed by atoms with Crippen molar-refractivity contribution < 1.29 is 19.8 Å². The molecule has 0 radical (unpaired) electrons. The predicted molar refractivity (Wildman–Crippen MR) is 44.0 cm³/mol. The minimum absolute atomic E-state index is 0.242. The van der Waals surface area contributed by atoms with Crippen LogP contribution in [0.2, 0.25) is 0 Å². The molecule has 0 atom stereocenters. The van der Waals surface area contributed by atoms with E-state index in [-0.39, 0.29) is 5.57 Å². The third-order valence-corrected chi connectivity index (χ3v) is 1.41. The summed E-state index contributed by atoms with van der Waals surface area (Å²) in [5.41, 5.74) is 0.101. The Kier molecular flexibility index (Phi) is 2.49. The average molecular weight is 181 g/mol. The maximum atomic E-state index is 10.6. The van der Waals surface area contributed by atoms with Crippen LogP contribution in [0.15, 0.2) is 24.5 Å². The van der Waals surface area contributed by atoms with Gasteiger partial charge in [0.05, 0.1) is 5.57 Å². The van der Waals surface area contributed by atoms with Crippen LogP contribution in [0.5, 0.6) is 0 Å². The third-order valence-electron chi connectivity index (χ3n) is 1.41. The van der Waals surface area contributed by atoms with Crippen LogP contribution < -0.4 is 0 Å². The highest BCUT2D eigenvalue weighted by Crippen LogP contribution is 2.12. The lowest BCUT2D eigenvalue weighted by molar-refractivity contribution is -0.133. The molecule has 0 amide bonds. The summed E-state index contributed by atoms with van der Waals surface area (Å²) in [6.07, 6.45) is 3.60. The Labute approximate surface area is 73.3 Å². The van der Waals surface area contributed by atoms with E-state index in [1.807, 2.05) is 0 Å². The number of H-pyrrole nitrogens is 1. The van der Waals surface area contributed by atoms with Crippen LogP contribution in [-0.4, -0.2) is 27.1 Å². The number of aromatic nitrogens is 1. The lowest BCUT2D eigenvalue weighted by Gasteiger charge is -1.95. The number of hydrogen-bond donors (Lipinski definition) is 3. The van der Waals surface area contributed by atoms with Crippen molar-refractivity contribution in [3.8, 4) is 0 Å². The molecular weight excluding hydrogens is 174 g/mol. The zero-order valence-electron chi connectivity index (χ0n) is 6.52. The first-order chi connectivity index (χ1) is 6.11. The van der Waals surface area contributed by atoms with Crippen molar-refractivity contribution in [2.45, 2.75) is 0 Å². The van der Waals surface area contributed by atoms with Crippen LogP contribution in [0.3, 0.4) is 0 Å². The standard InChI is InChI=1S/C8H7NO4/c10-7(11)3-6(8(12)13)5-1-2-9-4-5/h1-4,9H,(H,10,11)(H,12,13)/b6-3-. The van der Waals surface area contributed by atoms with Gasteiger partial charge in [-0.1, -0.05) is 0 Å². The van der Waals surface area contributed by atoms with Crippen molar-refractivity contribution in [2.75, 3.05) is 0 Å². The lowest BCUT2D eigenvalue weighted by atomic mass is 10.1. The minimum atomic E-state index is -1.28. The van der Waals surface area contributed by atoms with Crippen LogP contribution in [-0.2, 0) is 9.59 Å². The smallest absolute Gasteiger partial charge is 0.336 e. The normalized spacial score (nSPS) is 11.2. The van der Waals surface area contributed by atoms with E-state index in [0.29, 0.717) is 11.6 Å². The van der Waals surface area contributed by atoms with Crippen molar-refractivity contribution in [1.29, 1.82) is 0 Å². The summed E-state index contributed by atoms with van der Waals surface area (Å²) in [5, 5.41) is 17.0. The molecule has 3 N–H and O–H groups in total. The molecule has 0 bridgehead atoms. The van der Waals surface area contributed by atoms with Gasteiger partial charge in [-0.2, -0.15) is 0 Å². The molecule has 1 rings (SSSR count). The molecule has 0 spiro atoms. The maximum absolute atomic E-state index is 10.6. The number of aliphatic carboxylic acids is 2. The Morgan fingerprint density at radius 3 is 2.46 bits per heavy atom. The highest BCUT2D eigenvalue weighted by Gasteiger charge is 2.11. The molecule has 0 aliphatic carbocycles. The van der Waals surface area contributed by atoms with E-state index in [2.05, 4.69) is 4.98 Å². The second-order valence-corrected chi connectivity index (χ2v) is 2.30. The number of nitrogens with one attached hydrogen (secondary N) is 1. The van der Waals surface area contributed by atoms with Crippen molar-refractivity contribution >= 4 is 17.5 Å². The van der Waals surface area contributed by atoms with E-state index >= 15 is 0 Å². The van der Waals surface area contributed by atoms with Crippen molar-refractivity contribution in [1.82, 2.24) is 4.98 Å². The molecule has 5 heteroatoms. The molecule has 1 aromatic heterocycles. The van der Waals surface area contributed by atoms with Crippen molar-refractivity contribution in [3.63, 3.8) is 0 Å². The summed E-state index contributed by atoms with van der Waals surface area (Å²) in [4.78, 5) is 23.5. The Hall–Kier alpha value is -2.04. The maximum Gasteiger partial charge on any atom is 0.336 e. The second-order valence-electron chi connectivity index (χ2n) is 2.30. The molecule has 0 saturated heterocycles. The van der Waals surface area contributed by atoms with Crippen LogP contribution in [0.1, 0.15) is 5.56 Å². The number of carboxylic acids is 2. The van der Waals surface area contributed by atoms with E-state index in [0.717, 1.165) is 0 Å². The monoisotopic (exact) mass is 181 g/mol. The SMILES string of the molecule is O=C(O)/C=C(\C(=O)O)c1cc[nH]c1. The van der Waals surface area contributed by atoms with Gasteiger partial charge in [-0.3, -0.25) is 0 Å². The first-order valence-corrected chi connectivity index (χ1v) is 3.42. The first-order valence-electron chi connectivity index (χ1n) is 3.42. The van der Waals surface area contributed by atoms with Crippen LogP contribution in [0.25, 0.3) is 5.57 Å². The molecule has 5 nitrogen and oxygen atoms in total. The molecule has 0 aliphatic heterocycles. The summed E-state index contributed by atoms with van der Waals surface area (Å²) in [6.45, 7) is 0. The van der Waals surface area contributed by atoms with E-state index in [9.17, 15) is 9.59 Å². The fourth-order valence-corrected chi connectivity index (χ4v) is 0.883. The Balaban J connectivity index is 3.08. The third kappa shape index (κ3) is 2.19. The molecule has 1 aromatic rings. The van der Waals surface area contributed by atoms with E-state index in [1.54, 1.807) is 0 Å². The van der Waals surface area contributed by atoms with Crippen LogP contribution in [0.4, 0.5) is 0 Å². The molecule has 0 saturated carbocycles. The van der Waals surface area contributed by atoms with Crippen LogP contribution in [0, 0.1) is 0 Å².